The van der Waals surface area contributed by atoms with E-state index in [4.69, 9.17) is 0 Å². The summed E-state index contributed by atoms with van der Waals surface area (Å²) in [6.45, 7) is 9.73. The summed E-state index contributed by atoms with van der Waals surface area (Å²) in [7, 11) is 0. The van der Waals surface area contributed by atoms with E-state index in [1.807, 2.05) is 0 Å². The zero-order chi connectivity index (χ0) is 18.8. The van der Waals surface area contributed by atoms with Crippen LogP contribution >= 0.6 is 0 Å². The molecule has 0 N–H and O–H groups in total. The van der Waals surface area contributed by atoms with Crippen LogP contribution in [0, 0.1) is 0 Å². The fourth-order valence-electron chi connectivity index (χ4n) is 4.47. The van der Waals surface area contributed by atoms with Crippen molar-refractivity contribution < 1.29 is 0 Å². The normalized spacial score (nSPS) is 13.5. The third-order valence-corrected chi connectivity index (χ3v) is 14.3. The van der Waals surface area contributed by atoms with Gasteiger partial charge in [0.1, 0.15) is 0 Å². The molecular weight excluding hydrogens is 342 g/mol. The molecule has 0 bridgehead atoms. The van der Waals surface area contributed by atoms with E-state index in [0.29, 0.717) is 0 Å². The summed E-state index contributed by atoms with van der Waals surface area (Å²) in [6, 6.07) is 22.3. The van der Waals surface area contributed by atoms with Crippen molar-refractivity contribution in [1.82, 2.24) is 0 Å². The van der Waals surface area contributed by atoms with E-state index >= 15 is 0 Å². The number of allylic oxidation sites excluding steroid dienone is 1. The predicted molar refractivity (Wildman–Crippen MR) is 122 cm³/mol. The fraction of sp³-hybridized carbons (Fsp3) is 0.417. The minimum atomic E-state index is -0.818. The molecule has 2 aromatic carbocycles. The molecule has 0 saturated heterocycles. The van der Waals surface area contributed by atoms with Gasteiger partial charge in [-0.15, -0.1) is 0 Å². The Morgan fingerprint density at radius 1 is 0.692 bits per heavy atom. The zero-order valence-electron chi connectivity index (χ0n) is 17.1. The monoisotopic (exact) mass is 376 g/mol. The van der Waals surface area contributed by atoms with Gasteiger partial charge in [0.2, 0.25) is 0 Å². The van der Waals surface area contributed by atoms with E-state index in [2.05, 4.69) is 101 Å². The summed E-state index contributed by atoms with van der Waals surface area (Å²) in [5.74, 6) is 0. The van der Waals surface area contributed by atoms with Crippen LogP contribution in [0.5, 0.6) is 0 Å². The van der Waals surface area contributed by atoms with E-state index < -0.39 is 28.3 Å². The summed E-state index contributed by atoms with van der Waals surface area (Å²) in [6.07, 6.45) is 5.02. The van der Waals surface area contributed by atoms with Crippen LogP contribution in [0.15, 0.2) is 66.7 Å². The summed E-state index contributed by atoms with van der Waals surface area (Å²) in [4.78, 5) is 0. The van der Waals surface area contributed by atoms with E-state index in [0.717, 1.165) is 9.56 Å². The van der Waals surface area contributed by atoms with Crippen molar-refractivity contribution in [3.63, 3.8) is 0 Å². The molecule has 0 saturated carbocycles. The van der Waals surface area contributed by atoms with Gasteiger partial charge in [0.05, 0.1) is 0 Å². The van der Waals surface area contributed by atoms with Gasteiger partial charge in [-0.2, -0.15) is 0 Å². The van der Waals surface area contributed by atoms with Crippen LogP contribution in [-0.4, -0.2) is 28.3 Å². The molecule has 0 nitrogen and oxygen atoms in total. The van der Waals surface area contributed by atoms with Crippen LogP contribution in [0.3, 0.4) is 0 Å². The minimum absolute atomic E-state index is 0.782. The molecule has 0 aliphatic carbocycles. The smallest absolute Gasteiger partial charge is 0.0964 e. The Kier molecular flexibility index (Phi) is 9.82. The molecule has 2 atom stereocenters. The molecular formula is C24H34Al2. The maximum Gasteiger partial charge on any atom is 0.269 e. The lowest BCUT2D eigenvalue weighted by Gasteiger charge is -2.33. The highest BCUT2D eigenvalue weighted by atomic mass is 27.2. The second-order valence-corrected chi connectivity index (χ2v) is 15.2. The molecule has 0 aliphatic heterocycles. The molecule has 0 aromatic heterocycles. The van der Waals surface area contributed by atoms with Gasteiger partial charge in [-0.05, 0) is 5.56 Å². The van der Waals surface area contributed by atoms with Gasteiger partial charge in [0, 0.05) is 0 Å². The number of benzene rings is 2. The van der Waals surface area contributed by atoms with Crippen LogP contribution in [0.2, 0.25) is 25.9 Å². The first-order chi connectivity index (χ1) is 12.7. The summed E-state index contributed by atoms with van der Waals surface area (Å²) >= 11 is -1.63. The molecule has 0 radical (unpaired) electrons. The van der Waals surface area contributed by atoms with Gasteiger partial charge in [0.25, 0.3) is 28.3 Å². The topological polar surface area (TPSA) is 0 Å². The van der Waals surface area contributed by atoms with E-state index in [9.17, 15) is 0 Å². The van der Waals surface area contributed by atoms with Gasteiger partial charge in [0.15, 0.2) is 0 Å². The highest BCUT2D eigenvalue weighted by Crippen LogP contribution is 2.40. The average Bonchev–Trinajstić information content (AvgIpc) is 2.71. The standard InChI is InChI=1S/C16H14.4C2H5.2Al/c1-3-9-15(10-4-1)13-7-8-14-16-11-5-2-6-12-16;4*1-2;;/h1-14H;4*1H2,2H3;;/b13-7+;;;;;;. The quantitative estimate of drug-likeness (QED) is 0.377. The number of hydrogen-bond donors (Lipinski definition) is 0. The van der Waals surface area contributed by atoms with Crippen LogP contribution in [0.1, 0.15) is 43.6 Å². The Balaban J connectivity index is 2.45. The maximum atomic E-state index is 2.61. The largest absolute Gasteiger partial charge is 0.269 e. The lowest BCUT2D eigenvalue weighted by molar-refractivity contribution is 0.873. The van der Waals surface area contributed by atoms with Crippen molar-refractivity contribution in [3.8, 4) is 0 Å². The van der Waals surface area contributed by atoms with Crippen LogP contribution in [0.4, 0.5) is 0 Å². The Hall–Kier alpha value is -0.755. The lowest BCUT2D eigenvalue weighted by Crippen LogP contribution is -2.32. The van der Waals surface area contributed by atoms with Crippen LogP contribution in [0.25, 0.3) is 6.08 Å². The van der Waals surface area contributed by atoms with E-state index in [1.165, 1.54) is 26.7 Å². The van der Waals surface area contributed by atoms with Gasteiger partial charge in [-0.1, -0.05) is 137 Å². The average molecular weight is 377 g/mol. The Morgan fingerprint density at radius 3 is 1.69 bits per heavy atom. The van der Waals surface area contributed by atoms with E-state index in [1.54, 1.807) is 5.56 Å². The summed E-state index contributed by atoms with van der Waals surface area (Å²) < 4.78 is 1.58. The molecule has 2 heteroatoms. The Bertz CT molecular complexity index is 628. The molecule has 26 heavy (non-hydrogen) atoms. The Morgan fingerprint density at radius 2 is 1.19 bits per heavy atom. The highest BCUT2D eigenvalue weighted by molar-refractivity contribution is 6.67. The maximum absolute atomic E-state index is 2.61. The molecule has 0 aliphatic rings. The molecule has 0 heterocycles. The lowest BCUT2D eigenvalue weighted by atomic mass is 10.1. The zero-order valence-corrected chi connectivity index (χ0v) is 19.4. The fourth-order valence-corrected chi connectivity index (χ4v) is 12.4. The van der Waals surface area contributed by atoms with E-state index in [-0.39, 0.29) is 0 Å². The van der Waals surface area contributed by atoms with Crippen LogP contribution in [-0.2, 0) is 0 Å². The second-order valence-electron chi connectivity index (χ2n) is 7.44. The molecule has 2 unspecified atom stereocenters. The van der Waals surface area contributed by atoms with Crippen molar-refractivity contribution >= 4 is 34.4 Å². The molecule has 2 rings (SSSR count). The first kappa shape index (κ1) is 21.5. The van der Waals surface area contributed by atoms with Crippen molar-refractivity contribution in [2.24, 2.45) is 0 Å². The summed E-state index contributed by atoms with van der Waals surface area (Å²) in [5, 5.41) is 5.61. The van der Waals surface area contributed by atoms with Crippen molar-refractivity contribution in [1.29, 1.82) is 0 Å². The first-order valence-electron chi connectivity index (χ1n) is 10.5. The third-order valence-electron chi connectivity index (χ3n) is 6.06. The van der Waals surface area contributed by atoms with Crippen molar-refractivity contribution in [2.75, 3.05) is 0 Å². The predicted octanol–water partition coefficient (Wildman–Crippen LogP) is 7.46. The number of hydrogen-bond acceptors (Lipinski definition) is 0. The second kappa shape index (κ2) is 11.9. The Labute approximate surface area is 170 Å². The highest BCUT2D eigenvalue weighted by Gasteiger charge is 2.36. The SMILES string of the molecule is C[CH2][Al]([CH2]C)[CH](/C=C/c1ccccc1)[CH](c1ccccc1)[Al]([CH2]C)[CH2]C. The number of rotatable bonds is 10. The van der Waals surface area contributed by atoms with Crippen molar-refractivity contribution in [2.45, 2.75) is 58.4 Å². The molecule has 0 fully saturated rings. The third kappa shape index (κ3) is 5.88. The molecule has 2 aromatic rings. The van der Waals surface area contributed by atoms with Gasteiger partial charge in [-0.25, -0.2) is 0 Å². The van der Waals surface area contributed by atoms with Gasteiger partial charge < -0.3 is 0 Å². The molecule has 0 spiro atoms. The van der Waals surface area contributed by atoms with Crippen molar-refractivity contribution in [3.05, 3.63) is 77.9 Å². The van der Waals surface area contributed by atoms with Crippen LogP contribution < -0.4 is 0 Å². The molecule has 0 amide bonds. The summed E-state index contributed by atoms with van der Waals surface area (Å²) in [5.41, 5.74) is 2.95. The van der Waals surface area contributed by atoms with Gasteiger partial charge in [-0.3, -0.25) is 0 Å². The van der Waals surface area contributed by atoms with Gasteiger partial charge >= 0.3 is 0 Å². The molecule has 136 valence electrons. The minimum Gasteiger partial charge on any atom is -0.0964 e. The first-order valence-corrected chi connectivity index (χ1v) is 15.1.